The molecule has 0 atom stereocenters. The lowest BCUT2D eigenvalue weighted by Gasteiger charge is -2.17. The van der Waals surface area contributed by atoms with E-state index in [1.54, 1.807) is 30.3 Å². The minimum atomic E-state index is -3.15. The average Bonchev–Trinajstić information content (AvgIpc) is 3.11. The van der Waals surface area contributed by atoms with Gasteiger partial charge in [0.2, 0.25) is 0 Å². The number of hydrogen-bond donors (Lipinski definition) is 2. The highest BCUT2D eigenvalue weighted by Crippen LogP contribution is 2.37. The van der Waals surface area contributed by atoms with Crippen LogP contribution in [0.25, 0.3) is 22.4 Å². The predicted molar refractivity (Wildman–Crippen MR) is 106 cm³/mol. The summed E-state index contributed by atoms with van der Waals surface area (Å²) in [4.78, 5) is 18.4. The van der Waals surface area contributed by atoms with Crippen molar-refractivity contribution in [3.63, 3.8) is 0 Å². The Labute approximate surface area is 169 Å². The molecule has 3 aromatic carbocycles. The van der Waals surface area contributed by atoms with E-state index in [0.717, 1.165) is 0 Å². The van der Waals surface area contributed by atoms with Gasteiger partial charge in [0.05, 0.1) is 11.0 Å². The van der Waals surface area contributed by atoms with Crippen molar-refractivity contribution >= 4 is 28.7 Å². The largest absolute Gasteiger partial charge is 0.410 e. The van der Waals surface area contributed by atoms with Gasteiger partial charge in [-0.1, -0.05) is 48.0 Å². The smallest absolute Gasteiger partial charge is 0.409 e. The number of H-pyrrole nitrogens is 1. The monoisotopic (exact) mass is 413 g/mol. The van der Waals surface area contributed by atoms with E-state index in [0.29, 0.717) is 27.4 Å². The van der Waals surface area contributed by atoms with Crippen LogP contribution in [-0.2, 0) is 5.92 Å². The number of alkyl halides is 2. The number of primary amides is 1. The Kier molecular flexibility index (Phi) is 4.68. The number of nitrogens with zero attached hydrogens (tertiary/aromatic N) is 1. The second-order valence-corrected chi connectivity index (χ2v) is 6.78. The van der Waals surface area contributed by atoms with Crippen molar-refractivity contribution in [1.82, 2.24) is 9.97 Å². The third-order valence-corrected chi connectivity index (χ3v) is 4.65. The molecule has 146 valence electrons. The van der Waals surface area contributed by atoms with E-state index in [9.17, 15) is 13.6 Å². The number of hydrogen-bond acceptors (Lipinski definition) is 3. The Bertz CT molecular complexity index is 1190. The van der Waals surface area contributed by atoms with Crippen LogP contribution >= 0.6 is 11.6 Å². The van der Waals surface area contributed by atoms with Gasteiger partial charge in [0.1, 0.15) is 11.6 Å². The van der Waals surface area contributed by atoms with E-state index in [4.69, 9.17) is 22.1 Å². The molecule has 1 amide bonds. The lowest BCUT2D eigenvalue weighted by atomic mass is 9.99. The fourth-order valence-corrected chi connectivity index (χ4v) is 3.09. The summed E-state index contributed by atoms with van der Waals surface area (Å²) in [5, 5.41) is 0.397. The zero-order valence-corrected chi connectivity index (χ0v) is 15.6. The maximum absolute atomic E-state index is 14.8. The lowest BCUT2D eigenvalue weighted by molar-refractivity contribution is 0.0428. The number of amides is 1. The number of rotatable bonds is 4. The van der Waals surface area contributed by atoms with Gasteiger partial charge in [-0.15, -0.1) is 0 Å². The summed E-state index contributed by atoms with van der Waals surface area (Å²) < 4.78 is 34.3. The molecule has 0 unspecified atom stereocenters. The van der Waals surface area contributed by atoms with Crippen molar-refractivity contribution < 1.29 is 18.3 Å². The number of nitrogens with one attached hydrogen (secondary N) is 1. The highest BCUT2D eigenvalue weighted by Gasteiger charge is 2.33. The SMILES string of the molecule is NC(=O)Oc1ccc2nc(-c3ccc(C(F)(F)c4ccc(Cl)cc4)cc3)[nH]c2c1. The molecule has 0 saturated carbocycles. The molecule has 1 heterocycles. The topological polar surface area (TPSA) is 81.0 Å². The van der Waals surface area contributed by atoms with Crippen LogP contribution in [0, 0.1) is 0 Å². The molecule has 29 heavy (non-hydrogen) atoms. The summed E-state index contributed by atoms with van der Waals surface area (Å²) >= 11 is 5.78. The Morgan fingerprint density at radius 1 is 1.00 bits per heavy atom. The predicted octanol–water partition coefficient (Wildman–Crippen LogP) is 5.48. The molecule has 0 radical (unpaired) electrons. The van der Waals surface area contributed by atoms with Crippen molar-refractivity contribution in [1.29, 1.82) is 0 Å². The van der Waals surface area contributed by atoms with E-state index < -0.39 is 12.0 Å². The van der Waals surface area contributed by atoms with Crippen molar-refractivity contribution in [3.05, 3.63) is 82.9 Å². The number of imidazole rings is 1. The molecule has 0 aliphatic rings. The van der Waals surface area contributed by atoms with Gasteiger partial charge in [0, 0.05) is 27.8 Å². The van der Waals surface area contributed by atoms with Crippen molar-refractivity contribution in [2.75, 3.05) is 0 Å². The molecule has 0 saturated heterocycles. The molecule has 0 fully saturated rings. The minimum absolute atomic E-state index is 0.139. The van der Waals surface area contributed by atoms with Gasteiger partial charge >= 0.3 is 6.09 Å². The van der Waals surface area contributed by atoms with Crippen LogP contribution in [0.4, 0.5) is 13.6 Å². The van der Waals surface area contributed by atoms with Gasteiger partial charge in [0.25, 0.3) is 5.92 Å². The summed E-state index contributed by atoms with van der Waals surface area (Å²) in [5.41, 5.74) is 6.61. The van der Waals surface area contributed by atoms with Crippen molar-refractivity contribution in [2.24, 2.45) is 5.73 Å². The Morgan fingerprint density at radius 2 is 1.62 bits per heavy atom. The average molecular weight is 414 g/mol. The summed E-state index contributed by atoms with van der Waals surface area (Å²) in [6, 6.07) is 16.1. The van der Waals surface area contributed by atoms with E-state index in [-0.39, 0.29) is 16.9 Å². The van der Waals surface area contributed by atoms with Gasteiger partial charge in [0.15, 0.2) is 0 Å². The number of carbonyl (C=O) groups is 1. The number of aromatic nitrogens is 2. The molecule has 4 rings (SSSR count). The third-order valence-electron chi connectivity index (χ3n) is 4.40. The molecule has 4 aromatic rings. The Morgan fingerprint density at radius 3 is 2.24 bits per heavy atom. The lowest BCUT2D eigenvalue weighted by Crippen LogP contribution is -2.16. The van der Waals surface area contributed by atoms with Crippen LogP contribution in [0.5, 0.6) is 5.75 Å². The van der Waals surface area contributed by atoms with Crippen LogP contribution in [0.3, 0.4) is 0 Å². The number of ether oxygens (including phenoxy) is 1. The summed E-state index contributed by atoms with van der Waals surface area (Å²) in [6.07, 6.45) is -0.915. The van der Waals surface area contributed by atoms with Crippen molar-refractivity contribution in [2.45, 2.75) is 5.92 Å². The second kappa shape index (κ2) is 7.18. The molecule has 3 N–H and O–H groups in total. The Hall–Kier alpha value is -3.45. The second-order valence-electron chi connectivity index (χ2n) is 6.34. The highest BCUT2D eigenvalue weighted by atomic mass is 35.5. The summed E-state index contributed by atoms with van der Waals surface area (Å²) in [6.45, 7) is 0. The quantitative estimate of drug-likeness (QED) is 0.464. The zero-order valence-electron chi connectivity index (χ0n) is 14.8. The molecule has 0 bridgehead atoms. The normalized spacial score (nSPS) is 11.6. The molecule has 0 aliphatic heterocycles. The molecular formula is C21H14ClF2N3O2. The van der Waals surface area contributed by atoms with Crippen molar-refractivity contribution in [3.8, 4) is 17.1 Å². The van der Waals surface area contributed by atoms with Gasteiger partial charge in [-0.25, -0.2) is 9.78 Å². The summed E-state index contributed by atoms with van der Waals surface area (Å²) in [5.74, 6) is -2.38. The highest BCUT2D eigenvalue weighted by molar-refractivity contribution is 6.30. The first-order chi connectivity index (χ1) is 13.8. The van der Waals surface area contributed by atoms with Gasteiger partial charge in [-0.3, -0.25) is 0 Å². The summed E-state index contributed by atoms with van der Waals surface area (Å²) in [7, 11) is 0. The van der Waals surface area contributed by atoms with Crippen LogP contribution in [0.1, 0.15) is 11.1 Å². The minimum Gasteiger partial charge on any atom is -0.410 e. The van der Waals surface area contributed by atoms with E-state index in [1.807, 2.05) is 0 Å². The van der Waals surface area contributed by atoms with Crippen LogP contribution < -0.4 is 10.5 Å². The molecule has 0 aliphatic carbocycles. The molecule has 0 spiro atoms. The van der Waals surface area contributed by atoms with Gasteiger partial charge < -0.3 is 15.5 Å². The van der Waals surface area contributed by atoms with E-state index in [1.165, 1.54) is 36.4 Å². The first-order valence-electron chi connectivity index (χ1n) is 8.55. The number of halogens is 3. The molecular weight excluding hydrogens is 400 g/mol. The molecule has 1 aromatic heterocycles. The number of benzene rings is 3. The van der Waals surface area contributed by atoms with Gasteiger partial charge in [-0.2, -0.15) is 8.78 Å². The molecule has 8 heteroatoms. The van der Waals surface area contributed by atoms with Crippen LogP contribution in [-0.4, -0.2) is 16.1 Å². The number of carbonyl (C=O) groups excluding carboxylic acids is 1. The number of nitrogens with two attached hydrogens (primary N) is 1. The third kappa shape index (κ3) is 3.77. The number of aromatic amines is 1. The first kappa shape index (κ1) is 18.9. The van der Waals surface area contributed by atoms with Crippen LogP contribution in [0.2, 0.25) is 5.02 Å². The van der Waals surface area contributed by atoms with E-state index >= 15 is 0 Å². The number of fused-ring (bicyclic) bond motifs is 1. The maximum Gasteiger partial charge on any atom is 0.409 e. The van der Waals surface area contributed by atoms with Crippen LogP contribution in [0.15, 0.2) is 66.7 Å². The van der Waals surface area contributed by atoms with E-state index in [2.05, 4.69) is 9.97 Å². The zero-order chi connectivity index (χ0) is 20.6. The maximum atomic E-state index is 14.8. The first-order valence-corrected chi connectivity index (χ1v) is 8.92. The van der Waals surface area contributed by atoms with Gasteiger partial charge in [-0.05, 0) is 24.3 Å². The Balaban J connectivity index is 1.63. The molecule has 5 nitrogen and oxygen atoms in total. The standard InChI is InChI=1S/C21H14ClF2N3O2/c22-15-7-5-14(6-8-15)21(23,24)13-3-1-12(2-4-13)19-26-17-10-9-16(29-20(25)28)11-18(17)27-19/h1-11H,(H2,25,28)(H,26,27). The fourth-order valence-electron chi connectivity index (χ4n) is 2.97. The fraction of sp³-hybridized carbons (Fsp3) is 0.0476.